The molecule has 0 aromatic carbocycles. The molecule has 2 aromatic heterocycles. The fourth-order valence-electron chi connectivity index (χ4n) is 1.53. The van der Waals surface area contributed by atoms with E-state index in [9.17, 15) is 4.79 Å². The second-order valence-electron chi connectivity index (χ2n) is 3.42. The van der Waals surface area contributed by atoms with Gasteiger partial charge in [0.05, 0.1) is 17.5 Å². The minimum absolute atomic E-state index is 0.0104. The van der Waals surface area contributed by atoms with Crippen molar-refractivity contribution in [3.63, 3.8) is 0 Å². The van der Waals surface area contributed by atoms with E-state index in [1.54, 1.807) is 29.2 Å². The average Bonchev–Trinajstić information content (AvgIpc) is 2.61. The van der Waals surface area contributed by atoms with Crippen LogP contribution >= 0.6 is 11.6 Å². The van der Waals surface area contributed by atoms with Crippen molar-refractivity contribution in [2.24, 2.45) is 0 Å². The lowest BCUT2D eigenvalue weighted by atomic mass is 10.2. The number of nitrogens with zero attached hydrogens (tertiary/aromatic N) is 3. The van der Waals surface area contributed by atoms with Crippen LogP contribution in [0.1, 0.15) is 23.0 Å². The van der Waals surface area contributed by atoms with Crippen molar-refractivity contribution in [3.05, 3.63) is 40.9 Å². The number of hydrogen-bond acceptors (Lipinski definition) is 3. The summed E-state index contributed by atoms with van der Waals surface area (Å²) in [7, 11) is 0. The van der Waals surface area contributed by atoms with Gasteiger partial charge in [0.1, 0.15) is 5.69 Å². The third-order valence-corrected chi connectivity index (χ3v) is 2.65. The first-order valence-electron chi connectivity index (χ1n) is 4.77. The Labute approximate surface area is 97.9 Å². The van der Waals surface area contributed by atoms with E-state index < -0.39 is 0 Å². The summed E-state index contributed by atoms with van der Waals surface area (Å²) in [5.41, 5.74) is 2.04. The molecule has 4 nitrogen and oxygen atoms in total. The lowest BCUT2D eigenvalue weighted by molar-refractivity contribution is 0.101. The third kappa shape index (κ3) is 1.72. The maximum absolute atomic E-state index is 11.3. The van der Waals surface area contributed by atoms with Crippen molar-refractivity contribution in [1.82, 2.24) is 14.8 Å². The lowest BCUT2D eigenvalue weighted by Crippen LogP contribution is -2.02. The highest BCUT2D eigenvalue weighted by molar-refractivity contribution is 6.31. The first-order valence-corrected chi connectivity index (χ1v) is 5.15. The van der Waals surface area contributed by atoms with Gasteiger partial charge in [-0.3, -0.25) is 4.79 Å². The molecule has 0 amide bonds. The fourth-order valence-corrected chi connectivity index (χ4v) is 1.73. The van der Waals surface area contributed by atoms with Gasteiger partial charge < -0.3 is 0 Å². The number of hydrogen-bond donors (Lipinski definition) is 0. The third-order valence-electron chi connectivity index (χ3n) is 2.36. The molecule has 0 saturated carbocycles. The van der Waals surface area contributed by atoms with Crippen molar-refractivity contribution in [2.45, 2.75) is 13.8 Å². The van der Waals surface area contributed by atoms with E-state index in [-0.39, 0.29) is 5.78 Å². The quantitative estimate of drug-likeness (QED) is 0.593. The summed E-state index contributed by atoms with van der Waals surface area (Å²) in [4.78, 5) is 15.3. The molecular weight excluding hydrogens is 226 g/mol. The van der Waals surface area contributed by atoms with Crippen molar-refractivity contribution >= 4 is 17.4 Å². The van der Waals surface area contributed by atoms with Gasteiger partial charge in [-0.2, -0.15) is 5.10 Å². The van der Waals surface area contributed by atoms with Crippen LogP contribution < -0.4 is 0 Å². The largest absolute Gasteiger partial charge is 0.294 e. The molecular formula is C11H10ClN3O. The minimum atomic E-state index is -0.0104. The van der Waals surface area contributed by atoms with E-state index in [1.807, 2.05) is 6.92 Å². The van der Waals surface area contributed by atoms with Gasteiger partial charge in [-0.25, -0.2) is 9.67 Å². The Kier molecular flexibility index (Phi) is 2.75. The van der Waals surface area contributed by atoms with Gasteiger partial charge in [-0.05, 0) is 26.0 Å². The smallest absolute Gasteiger partial charge is 0.163 e. The second-order valence-corrected chi connectivity index (χ2v) is 3.78. The van der Waals surface area contributed by atoms with Crippen LogP contribution in [0.3, 0.4) is 0 Å². The van der Waals surface area contributed by atoms with Gasteiger partial charge in [0.15, 0.2) is 10.9 Å². The van der Waals surface area contributed by atoms with Gasteiger partial charge >= 0.3 is 0 Å². The molecule has 0 atom stereocenters. The van der Waals surface area contributed by atoms with Crippen LogP contribution in [0.15, 0.2) is 24.5 Å². The van der Waals surface area contributed by atoms with Crippen molar-refractivity contribution < 1.29 is 4.79 Å². The monoisotopic (exact) mass is 235 g/mol. The zero-order valence-corrected chi connectivity index (χ0v) is 9.69. The average molecular weight is 236 g/mol. The van der Waals surface area contributed by atoms with Crippen LogP contribution in [-0.4, -0.2) is 20.5 Å². The van der Waals surface area contributed by atoms with E-state index in [1.165, 1.54) is 6.92 Å². The van der Waals surface area contributed by atoms with Crippen molar-refractivity contribution in [2.75, 3.05) is 0 Å². The van der Waals surface area contributed by atoms with Crippen LogP contribution in [0, 0.1) is 6.92 Å². The van der Waals surface area contributed by atoms with Gasteiger partial charge in [0.2, 0.25) is 0 Å². The highest BCUT2D eigenvalue weighted by Crippen LogP contribution is 2.19. The SMILES string of the molecule is CC(=O)c1cnn(-c2cccnc2Cl)c1C. The Morgan fingerprint density at radius 3 is 2.81 bits per heavy atom. The second kappa shape index (κ2) is 4.06. The fraction of sp³-hybridized carbons (Fsp3) is 0.182. The van der Waals surface area contributed by atoms with Crippen molar-refractivity contribution in [1.29, 1.82) is 0 Å². The van der Waals surface area contributed by atoms with Crippen LogP contribution in [0.25, 0.3) is 5.69 Å². The van der Waals surface area contributed by atoms with Crippen molar-refractivity contribution in [3.8, 4) is 5.69 Å². The summed E-state index contributed by atoms with van der Waals surface area (Å²) >= 11 is 5.96. The zero-order chi connectivity index (χ0) is 11.7. The predicted molar refractivity (Wildman–Crippen MR) is 61.1 cm³/mol. The number of rotatable bonds is 2. The van der Waals surface area contributed by atoms with Gasteiger partial charge in [0.25, 0.3) is 0 Å². The number of aromatic nitrogens is 3. The molecule has 0 spiro atoms. The summed E-state index contributed by atoms with van der Waals surface area (Å²) in [6.07, 6.45) is 3.15. The Morgan fingerprint density at radius 2 is 2.25 bits per heavy atom. The lowest BCUT2D eigenvalue weighted by Gasteiger charge is -2.05. The molecule has 0 saturated heterocycles. The summed E-state index contributed by atoms with van der Waals surface area (Å²) < 4.78 is 1.62. The molecule has 5 heteroatoms. The van der Waals surface area contributed by atoms with E-state index in [4.69, 9.17) is 11.6 Å². The summed E-state index contributed by atoms with van der Waals surface area (Å²) in [6, 6.07) is 3.58. The molecule has 0 aliphatic heterocycles. The van der Waals surface area contributed by atoms with Crippen LogP contribution in [-0.2, 0) is 0 Å². The molecule has 0 fully saturated rings. The molecule has 0 bridgehead atoms. The normalized spacial score (nSPS) is 10.4. The minimum Gasteiger partial charge on any atom is -0.294 e. The molecule has 0 radical (unpaired) electrons. The molecule has 2 aromatic rings. The molecule has 2 heterocycles. The van der Waals surface area contributed by atoms with E-state index in [0.29, 0.717) is 16.4 Å². The Bertz CT molecular complexity index is 548. The van der Waals surface area contributed by atoms with Gasteiger partial charge in [-0.15, -0.1) is 0 Å². The molecule has 0 aliphatic rings. The number of Topliss-reactive ketones (excluding diaryl/α,β-unsaturated/α-hetero) is 1. The first kappa shape index (κ1) is 10.8. The molecule has 2 rings (SSSR count). The summed E-state index contributed by atoms with van der Waals surface area (Å²) in [5.74, 6) is -0.0104. The maximum atomic E-state index is 11.3. The maximum Gasteiger partial charge on any atom is 0.163 e. The summed E-state index contributed by atoms with van der Waals surface area (Å²) in [5, 5.41) is 4.50. The van der Waals surface area contributed by atoms with Crippen LogP contribution in [0.4, 0.5) is 0 Å². The van der Waals surface area contributed by atoms with Gasteiger partial charge in [0, 0.05) is 6.20 Å². The number of carbonyl (C=O) groups is 1. The van der Waals surface area contributed by atoms with Crippen LogP contribution in [0.2, 0.25) is 5.15 Å². The van der Waals surface area contributed by atoms with E-state index in [0.717, 1.165) is 5.69 Å². The number of pyridine rings is 1. The van der Waals surface area contributed by atoms with E-state index >= 15 is 0 Å². The van der Waals surface area contributed by atoms with Crippen LogP contribution in [0.5, 0.6) is 0 Å². The molecule has 0 unspecified atom stereocenters. The highest BCUT2D eigenvalue weighted by atomic mass is 35.5. The zero-order valence-electron chi connectivity index (χ0n) is 8.94. The highest BCUT2D eigenvalue weighted by Gasteiger charge is 2.13. The number of carbonyl (C=O) groups excluding carboxylic acids is 1. The Morgan fingerprint density at radius 1 is 1.50 bits per heavy atom. The van der Waals surface area contributed by atoms with Gasteiger partial charge in [-0.1, -0.05) is 11.6 Å². The molecule has 16 heavy (non-hydrogen) atoms. The Hall–Kier alpha value is -1.68. The first-order chi connectivity index (χ1) is 7.61. The predicted octanol–water partition coefficient (Wildman–Crippen LogP) is 2.43. The molecule has 82 valence electrons. The number of ketones is 1. The van der Waals surface area contributed by atoms with E-state index in [2.05, 4.69) is 10.1 Å². The summed E-state index contributed by atoms with van der Waals surface area (Å²) in [6.45, 7) is 3.34. The molecule has 0 aliphatic carbocycles. The molecule has 0 N–H and O–H groups in total. The standard InChI is InChI=1S/C11H10ClN3O/c1-7-9(8(2)16)6-14-15(7)10-4-3-5-13-11(10)12/h3-6H,1-2H3. The Balaban J connectivity index is 2.58. The number of halogens is 1. The topological polar surface area (TPSA) is 47.8 Å².